The number of hydrogen-bond donors (Lipinski definition) is 0. The van der Waals surface area contributed by atoms with Crippen LogP contribution in [0.2, 0.25) is 0 Å². The van der Waals surface area contributed by atoms with Gasteiger partial charge in [-0.1, -0.05) is 0 Å². The molecule has 20 heavy (non-hydrogen) atoms. The molecule has 1 amide bonds. The molecular formula is C13H15F2NO3S. The Morgan fingerprint density at radius 2 is 1.60 bits per heavy atom. The Morgan fingerprint density at radius 1 is 1.05 bits per heavy atom. The second-order valence-corrected chi connectivity index (χ2v) is 6.60. The number of likely N-dealkylation sites (tertiary alicyclic amines) is 1. The van der Waals surface area contributed by atoms with Gasteiger partial charge >= 0.3 is 5.76 Å². The molecule has 1 saturated heterocycles. The van der Waals surface area contributed by atoms with Crippen molar-refractivity contribution in [2.75, 3.05) is 13.1 Å². The molecule has 1 fully saturated rings. The summed E-state index contributed by atoms with van der Waals surface area (Å²) in [5.41, 5.74) is 0.320. The van der Waals surface area contributed by atoms with Crippen LogP contribution in [0.1, 0.15) is 29.6 Å². The van der Waals surface area contributed by atoms with E-state index in [0.29, 0.717) is 18.7 Å². The average molecular weight is 303 g/mol. The van der Waals surface area contributed by atoms with Crippen LogP contribution in [0.15, 0.2) is 29.2 Å². The molecule has 1 aliphatic heterocycles. The van der Waals surface area contributed by atoms with Gasteiger partial charge in [-0.15, -0.1) is 0 Å². The SMILES string of the molecule is O=C(c1ccc(S(=O)(=O)C(F)F)cc1)N1CCCCC1. The number of nitrogens with zero attached hydrogens (tertiary/aromatic N) is 1. The summed E-state index contributed by atoms with van der Waals surface area (Å²) in [4.78, 5) is 13.3. The van der Waals surface area contributed by atoms with E-state index in [1.165, 1.54) is 12.1 Å². The standard InChI is InChI=1S/C13H15F2NO3S/c14-13(15)20(18,19)11-6-4-10(5-7-11)12(17)16-8-2-1-3-9-16/h4-7,13H,1-3,8-9H2. The molecule has 1 aromatic carbocycles. The summed E-state index contributed by atoms with van der Waals surface area (Å²) in [5.74, 6) is -3.64. The molecule has 0 atom stereocenters. The van der Waals surface area contributed by atoms with Gasteiger partial charge < -0.3 is 4.90 Å². The summed E-state index contributed by atoms with van der Waals surface area (Å²) < 4.78 is 47.3. The predicted octanol–water partition coefficient (Wildman–Crippen LogP) is 2.31. The third kappa shape index (κ3) is 2.98. The minimum Gasteiger partial charge on any atom is -0.339 e. The molecule has 4 nitrogen and oxygen atoms in total. The molecule has 7 heteroatoms. The fourth-order valence-electron chi connectivity index (χ4n) is 2.17. The van der Waals surface area contributed by atoms with Gasteiger partial charge in [-0.05, 0) is 43.5 Å². The summed E-state index contributed by atoms with van der Waals surface area (Å²) in [6, 6.07) is 4.68. The van der Waals surface area contributed by atoms with E-state index in [4.69, 9.17) is 0 Å². The fraction of sp³-hybridized carbons (Fsp3) is 0.462. The minimum atomic E-state index is -4.60. The Hall–Kier alpha value is -1.50. The number of carbonyl (C=O) groups is 1. The Morgan fingerprint density at radius 3 is 2.10 bits per heavy atom. The average Bonchev–Trinajstić information content (AvgIpc) is 2.47. The summed E-state index contributed by atoms with van der Waals surface area (Å²) in [7, 11) is -4.60. The molecule has 0 radical (unpaired) electrons. The lowest BCUT2D eigenvalue weighted by molar-refractivity contribution is 0.0724. The molecule has 1 aliphatic rings. The third-order valence-electron chi connectivity index (χ3n) is 3.31. The molecule has 0 bridgehead atoms. The Kier molecular flexibility index (Phi) is 4.37. The number of sulfone groups is 1. The lowest BCUT2D eigenvalue weighted by Crippen LogP contribution is -2.35. The van der Waals surface area contributed by atoms with E-state index in [2.05, 4.69) is 0 Å². The van der Waals surface area contributed by atoms with E-state index in [-0.39, 0.29) is 5.91 Å². The monoisotopic (exact) mass is 303 g/mol. The molecule has 0 saturated carbocycles. The van der Waals surface area contributed by atoms with Gasteiger partial charge in [0.05, 0.1) is 4.90 Å². The van der Waals surface area contributed by atoms with Crippen LogP contribution in [0.25, 0.3) is 0 Å². The van der Waals surface area contributed by atoms with Crippen molar-refractivity contribution in [1.29, 1.82) is 0 Å². The molecule has 0 N–H and O–H groups in total. The van der Waals surface area contributed by atoms with Crippen molar-refractivity contribution in [2.24, 2.45) is 0 Å². The first kappa shape index (κ1) is 14.9. The lowest BCUT2D eigenvalue weighted by atomic mass is 10.1. The van der Waals surface area contributed by atoms with Crippen LogP contribution in [0.4, 0.5) is 8.78 Å². The zero-order valence-corrected chi connectivity index (χ0v) is 11.6. The zero-order chi connectivity index (χ0) is 14.8. The highest BCUT2D eigenvalue weighted by atomic mass is 32.2. The third-order valence-corrected chi connectivity index (χ3v) is 4.71. The fourth-order valence-corrected chi connectivity index (χ4v) is 2.89. The first-order valence-corrected chi connectivity index (χ1v) is 7.89. The van der Waals surface area contributed by atoms with Gasteiger partial charge in [0, 0.05) is 18.7 Å². The molecule has 1 heterocycles. The Labute approximate surface area is 116 Å². The highest BCUT2D eigenvalue weighted by Gasteiger charge is 2.27. The smallest absolute Gasteiger partial charge is 0.339 e. The second-order valence-electron chi connectivity index (χ2n) is 4.68. The van der Waals surface area contributed by atoms with Crippen LogP contribution in [0.5, 0.6) is 0 Å². The van der Waals surface area contributed by atoms with Gasteiger partial charge in [0.2, 0.25) is 9.84 Å². The predicted molar refractivity (Wildman–Crippen MR) is 69.4 cm³/mol. The number of piperidine rings is 1. The summed E-state index contributed by atoms with van der Waals surface area (Å²) in [5, 5.41) is 0. The van der Waals surface area contributed by atoms with Crippen molar-refractivity contribution >= 4 is 15.7 Å². The van der Waals surface area contributed by atoms with Crippen LogP contribution in [0.3, 0.4) is 0 Å². The van der Waals surface area contributed by atoms with Crippen LogP contribution in [0, 0.1) is 0 Å². The maximum atomic E-state index is 12.4. The Bertz CT molecular complexity index is 578. The molecule has 110 valence electrons. The highest BCUT2D eigenvalue weighted by molar-refractivity contribution is 7.91. The van der Waals surface area contributed by atoms with Crippen LogP contribution in [-0.2, 0) is 9.84 Å². The van der Waals surface area contributed by atoms with Gasteiger partial charge in [-0.25, -0.2) is 8.42 Å². The van der Waals surface area contributed by atoms with Crippen LogP contribution < -0.4 is 0 Å². The van der Waals surface area contributed by atoms with Gasteiger partial charge in [0.15, 0.2) is 0 Å². The topological polar surface area (TPSA) is 54.5 Å². The number of alkyl halides is 2. The number of benzene rings is 1. The lowest BCUT2D eigenvalue weighted by Gasteiger charge is -2.26. The number of halogens is 2. The van der Waals surface area contributed by atoms with Gasteiger partial charge in [0.1, 0.15) is 0 Å². The number of carbonyl (C=O) groups excluding carboxylic acids is 1. The molecule has 1 aromatic rings. The first-order valence-electron chi connectivity index (χ1n) is 6.34. The number of hydrogen-bond acceptors (Lipinski definition) is 3. The highest BCUT2D eigenvalue weighted by Crippen LogP contribution is 2.20. The van der Waals surface area contributed by atoms with Crippen molar-refractivity contribution in [3.05, 3.63) is 29.8 Å². The Balaban J connectivity index is 2.18. The molecule has 0 aliphatic carbocycles. The van der Waals surface area contributed by atoms with E-state index in [9.17, 15) is 22.0 Å². The largest absolute Gasteiger partial charge is 0.341 e. The van der Waals surface area contributed by atoms with E-state index in [1.54, 1.807) is 4.90 Å². The molecule has 2 rings (SSSR count). The van der Waals surface area contributed by atoms with Crippen molar-refractivity contribution < 1.29 is 22.0 Å². The summed E-state index contributed by atoms with van der Waals surface area (Å²) in [6.07, 6.45) is 2.99. The van der Waals surface area contributed by atoms with E-state index in [1.807, 2.05) is 0 Å². The minimum absolute atomic E-state index is 0.189. The first-order chi connectivity index (χ1) is 9.43. The van der Waals surface area contributed by atoms with Crippen LogP contribution in [-0.4, -0.2) is 38.1 Å². The van der Waals surface area contributed by atoms with Gasteiger partial charge in [-0.3, -0.25) is 4.79 Å². The maximum Gasteiger partial charge on any atom is 0.341 e. The summed E-state index contributed by atoms with van der Waals surface area (Å²) >= 11 is 0. The molecular weight excluding hydrogens is 288 g/mol. The van der Waals surface area contributed by atoms with Crippen molar-refractivity contribution in [3.63, 3.8) is 0 Å². The maximum absolute atomic E-state index is 12.4. The number of rotatable bonds is 3. The second kappa shape index (κ2) is 5.87. The molecule has 0 unspecified atom stereocenters. The van der Waals surface area contributed by atoms with E-state index in [0.717, 1.165) is 31.4 Å². The van der Waals surface area contributed by atoms with Crippen molar-refractivity contribution in [1.82, 2.24) is 4.90 Å². The quantitative estimate of drug-likeness (QED) is 0.861. The van der Waals surface area contributed by atoms with Gasteiger partial charge in [-0.2, -0.15) is 8.78 Å². The van der Waals surface area contributed by atoms with E-state index < -0.39 is 20.5 Å². The van der Waals surface area contributed by atoms with Crippen molar-refractivity contribution in [2.45, 2.75) is 29.9 Å². The summed E-state index contributed by atoms with van der Waals surface area (Å²) in [6.45, 7) is 1.35. The molecule has 0 aromatic heterocycles. The van der Waals surface area contributed by atoms with Gasteiger partial charge in [0.25, 0.3) is 5.91 Å². The van der Waals surface area contributed by atoms with Crippen LogP contribution >= 0.6 is 0 Å². The van der Waals surface area contributed by atoms with E-state index >= 15 is 0 Å². The number of amides is 1. The molecule has 0 spiro atoms. The zero-order valence-electron chi connectivity index (χ0n) is 10.8. The normalized spacial score (nSPS) is 16.4. The van der Waals surface area contributed by atoms with Crippen molar-refractivity contribution in [3.8, 4) is 0 Å².